The van der Waals surface area contributed by atoms with Crippen molar-refractivity contribution in [2.45, 2.75) is 20.0 Å². The number of hydrogen-bond acceptors (Lipinski definition) is 7. The van der Waals surface area contributed by atoms with E-state index in [4.69, 9.17) is 4.42 Å². The van der Waals surface area contributed by atoms with Gasteiger partial charge in [-0.25, -0.2) is 4.98 Å². The summed E-state index contributed by atoms with van der Waals surface area (Å²) in [5, 5.41) is 2.03. The van der Waals surface area contributed by atoms with Gasteiger partial charge in [-0.05, 0) is 43.1 Å². The molecule has 4 rings (SSSR count). The fourth-order valence-corrected chi connectivity index (χ4v) is 3.80. The van der Waals surface area contributed by atoms with Gasteiger partial charge in [0.1, 0.15) is 16.8 Å². The largest absolute Gasteiger partial charge is 0.440 e. The molecule has 7 heteroatoms. The zero-order valence-corrected chi connectivity index (χ0v) is 15.0. The molecule has 0 aliphatic heterocycles. The monoisotopic (exact) mass is 356 g/mol. The number of aromatic nitrogens is 3. The molecule has 0 spiro atoms. The number of aryl methyl sites for hydroxylation is 1. The second-order valence-electron chi connectivity index (χ2n) is 5.76. The van der Waals surface area contributed by atoms with Gasteiger partial charge in [0.05, 0.1) is 22.3 Å². The van der Waals surface area contributed by atoms with E-state index in [0.717, 1.165) is 40.5 Å². The molecule has 0 unspecified atom stereocenters. The van der Waals surface area contributed by atoms with Gasteiger partial charge < -0.3 is 4.42 Å². The Balaban J connectivity index is 1.48. The lowest BCUT2D eigenvalue weighted by Gasteiger charge is -2.15. The molecule has 0 radical (unpaired) electrons. The molecule has 3 heterocycles. The Hall–Kier alpha value is -2.09. The average molecular weight is 356 g/mol. The Labute approximate surface area is 147 Å². The SMILES string of the molecule is Cc1oc(-c2cccs2)nc1CN(C)Cc1ccc2nsnc2c1. The molecule has 122 valence electrons. The smallest absolute Gasteiger partial charge is 0.236 e. The minimum atomic E-state index is 0.709. The molecule has 0 aliphatic carbocycles. The van der Waals surface area contributed by atoms with Gasteiger partial charge in [0.15, 0.2) is 0 Å². The van der Waals surface area contributed by atoms with Crippen LogP contribution in [0.15, 0.2) is 40.1 Å². The summed E-state index contributed by atoms with van der Waals surface area (Å²) in [5.41, 5.74) is 4.12. The second kappa shape index (κ2) is 6.43. The van der Waals surface area contributed by atoms with Crippen LogP contribution >= 0.6 is 23.1 Å². The van der Waals surface area contributed by atoms with Gasteiger partial charge in [-0.3, -0.25) is 4.90 Å². The minimum Gasteiger partial charge on any atom is -0.440 e. The van der Waals surface area contributed by atoms with Crippen LogP contribution in [-0.2, 0) is 13.1 Å². The molecule has 0 amide bonds. The van der Waals surface area contributed by atoms with E-state index in [0.29, 0.717) is 5.89 Å². The van der Waals surface area contributed by atoms with E-state index in [-0.39, 0.29) is 0 Å². The summed E-state index contributed by atoms with van der Waals surface area (Å²) >= 11 is 2.89. The fraction of sp³-hybridized carbons (Fsp3) is 0.235. The lowest BCUT2D eigenvalue weighted by molar-refractivity contribution is 0.313. The van der Waals surface area contributed by atoms with Crippen molar-refractivity contribution in [3.8, 4) is 10.8 Å². The Bertz CT molecular complexity index is 958. The van der Waals surface area contributed by atoms with E-state index in [1.165, 1.54) is 17.3 Å². The molecule has 0 fully saturated rings. The third kappa shape index (κ3) is 3.10. The highest BCUT2D eigenvalue weighted by Gasteiger charge is 2.14. The van der Waals surface area contributed by atoms with Crippen molar-refractivity contribution in [2.24, 2.45) is 0 Å². The summed E-state index contributed by atoms with van der Waals surface area (Å²) in [7, 11) is 2.09. The molecular formula is C17H16N4OS2. The molecule has 24 heavy (non-hydrogen) atoms. The number of rotatable bonds is 5. The molecule has 0 saturated heterocycles. The summed E-state index contributed by atoms with van der Waals surface area (Å²) in [4.78, 5) is 7.95. The van der Waals surface area contributed by atoms with Crippen molar-refractivity contribution in [3.63, 3.8) is 0 Å². The van der Waals surface area contributed by atoms with Gasteiger partial charge in [-0.2, -0.15) is 8.75 Å². The van der Waals surface area contributed by atoms with Crippen LogP contribution in [-0.4, -0.2) is 25.7 Å². The van der Waals surface area contributed by atoms with Crippen molar-refractivity contribution in [1.82, 2.24) is 18.6 Å². The highest BCUT2D eigenvalue weighted by atomic mass is 32.1. The van der Waals surface area contributed by atoms with Gasteiger partial charge in [0.25, 0.3) is 0 Å². The maximum Gasteiger partial charge on any atom is 0.236 e. The number of nitrogens with zero attached hydrogens (tertiary/aromatic N) is 4. The van der Waals surface area contributed by atoms with Crippen LogP contribution < -0.4 is 0 Å². The molecular weight excluding hydrogens is 340 g/mol. The Morgan fingerprint density at radius 2 is 2.00 bits per heavy atom. The van der Waals surface area contributed by atoms with E-state index >= 15 is 0 Å². The summed E-state index contributed by atoms with van der Waals surface area (Å²) in [6.07, 6.45) is 0. The fourth-order valence-electron chi connectivity index (χ4n) is 2.63. The highest BCUT2D eigenvalue weighted by Crippen LogP contribution is 2.26. The number of benzene rings is 1. The van der Waals surface area contributed by atoms with Crippen LogP contribution in [0.25, 0.3) is 21.8 Å². The number of hydrogen-bond donors (Lipinski definition) is 0. The molecule has 0 bridgehead atoms. The van der Waals surface area contributed by atoms with Gasteiger partial charge in [0.2, 0.25) is 5.89 Å². The van der Waals surface area contributed by atoms with E-state index in [1.54, 1.807) is 11.3 Å². The number of fused-ring (bicyclic) bond motifs is 1. The van der Waals surface area contributed by atoms with Gasteiger partial charge in [-0.15, -0.1) is 11.3 Å². The lowest BCUT2D eigenvalue weighted by atomic mass is 10.2. The molecule has 0 N–H and O–H groups in total. The van der Waals surface area contributed by atoms with Crippen LogP contribution in [0.5, 0.6) is 0 Å². The second-order valence-corrected chi connectivity index (χ2v) is 7.23. The van der Waals surface area contributed by atoms with E-state index in [2.05, 4.69) is 37.8 Å². The van der Waals surface area contributed by atoms with Gasteiger partial charge >= 0.3 is 0 Å². The highest BCUT2D eigenvalue weighted by molar-refractivity contribution is 7.13. The molecule has 0 aliphatic rings. The predicted molar refractivity (Wildman–Crippen MR) is 97.1 cm³/mol. The Morgan fingerprint density at radius 1 is 1.12 bits per heavy atom. The van der Waals surface area contributed by atoms with Crippen molar-refractivity contribution in [1.29, 1.82) is 0 Å². The van der Waals surface area contributed by atoms with E-state index < -0.39 is 0 Å². The van der Waals surface area contributed by atoms with Gasteiger partial charge in [0, 0.05) is 13.1 Å². The van der Waals surface area contributed by atoms with Crippen LogP contribution in [0.2, 0.25) is 0 Å². The molecule has 1 aromatic carbocycles. The molecule has 0 saturated carbocycles. The van der Waals surface area contributed by atoms with E-state index in [1.807, 2.05) is 30.5 Å². The van der Waals surface area contributed by atoms with Crippen LogP contribution in [0.4, 0.5) is 0 Å². The summed E-state index contributed by atoms with van der Waals surface area (Å²) in [5.74, 6) is 1.59. The van der Waals surface area contributed by atoms with Crippen molar-refractivity contribution in [3.05, 3.63) is 52.7 Å². The summed E-state index contributed by atoms with van der Waals surface area (Å²) < 4.78 is 14.4. The maximum absolute atomic E-state index is 5.81. The number of oxazole rings is 1. The third-order valence-electron chi connectivity index (χ3n) is 3.81. The standard InChI is InChI=1S/C17H16N4OS2/c1-11-15(18-17(22-11)16-4-3-7-23-16)10-21(2)9-12-5-6-13-14(8-12)20-24-19-13/h3-8H,9-10H2,1-2H3. The molecule has 5 nitrogen and oxygen atoms in total. The first-order valence-electron chi connectivity index (χ1n) is 7.59. The quantitative estimate of drug-likeness (QED) is 0.532. The lowest BCUT2D eigenvalue weighted by Crippen LogP contribution is -2.18. The van der Waals surface area contributed by atoms with Gasteiger partial charge in [-0.1, -0.05) is 12.1 Å². The summed E-state index contributed by atoms with van der Waals surface area (Å²) in [6, 6.07) is 10.3. The average Bonchev–Trinajstić information content (AvgIpc) is 3.28. The summed E-state index contributed by atoms with van der Waals surface area (Å²) in [6.45, 7) is 3.54. The van der Waals surface area contributed by atoms with Crippen LogP contribution in [0.1, 0.15) is 17.0 Å². The van der Waals surface area contributed by atoms with Crippen LogP contribution in [0.3, 0.4) is 0 Å². The zero-order valence-electron chi connectivity index (χ0n) is 13.4. The minimum absolute atomic E-state index is 0.709. The molecule has 3 aromatic heterocycles. The third-order valence-corrected chi connectivity index (χ3v) is 5.23. The predicted octanol–water partition coefficient (Wildman–Crippen LogP) is 4.35. The molecule has 0 atom stereocenters. The first-order valence-corrected chi connectivity index (χ1v) is 9.20. The van der Waals surface area contributed by atoms with E-state index in [9.17, 15) is 0 Å². The topological polar surface area (TPSA) is 55.1 Å². The Kier molecular flexibility index (Phi) is 4.13. The van der Waals surface area contributed by atoms with Crippen LogP contribution in [0, 0.1) is 6.92 Å². The first kappa shape index (κ1) is 15.4. The maximum atomic E-state index is 5.81. The Morgan fingerprint density at radius 3 is 2.83 bits per heavy atom. The van der Waals surface area contributed by atoms with Crippen molar-refractivity contribution < 1.29 is 4.42 Å². The van der Waals surface area contributed by atoms with Crippen molar-refractivity contribution >= 4 is 34.1 Å². The first-order chi connectivity index (χ1) is 11.7. The zero-order chi connectivity index (χ0) is 16.5. The normalized spacial score (nSPS) is 11.6. The molecule has 4 aromatic rings. The van der Waals surface area contributed by atoms with Crippen molar-refractivity contribution in [2.75, 3.05) is 7.05 Å². The number of thiophene rings is 1.